The van der Waals surface area contributed by atoms with E-state index < -0.39 is 21.5 Å². The van der Waals surface area contributed by atoms with Gasteiger partial charge >= 0.3 is 51.4 Å². The Morgan fingerprint density at radius 2 is 1.12 bits per heavy atom. The Kier molecular flexibility index (Phi) is 20.7. The first-order valence-electron chi connectivity index (χ1n) is 9.56. The number of rotatable bonds is 16. The largest absolute Gasteiger partial charge is 1.00 e. The molecule has 0 spiro atoms. The van der Waals surface area contributed by atoms with Gasteiger partial charge in [0.05, 0.1) is 11.4 Å². The number of hydrogen-bond donors (Lipinski definition) is 1. The van der Waals surface area contributed by atoms with Crippen LogP contribution in [0, 0.1) is 0 Å². The molecular formula is C18H37KO4S. The molecule has 0 aromatic rings. The van der Waals surface area contributed by atoms with Crippen LogP contribution in [0.2, 0.25) is 0 Å². The van der Waals surface area contributed by atoms with Crippen molar-refractivity contribution in [2.45, 2.75) is 115 Å². The Morgan fingerprint density at radius 1 is 0.750 bits per heavy atom. The number of aliphatic hydroxyl groups excluding tert-OH is 1. The molecule has 0 bridgehead atoms. The van der Waals surface area contributed by atoms with E-state index in [-0.39, 0.29) is 51.4 Å². The molecule has 24 heavy (non-hydrogen) atoms. The molecule has 0 aromatic heterocycles. The van der Waals surface area contributed by atoms with Crippen LogP contribution in [0.1, 0.15) is 104 Å². The second-order valence-electron chi connectivity index (χ2n) is 6.71. The smallest absolute Gasteiger partial charge is 0.748 e. The van der Waals surface area contributed by atoms with Crippen LogP contribution in [0.25, 0.3) is 0 Å². The van der Waals surface area contributed by atoms with Gasteiger partial charge in [-0.2, -0.15) is 0 Å². The van der Waals surface area contributed by atoms with E-state index >= 15 is 0 Å². The van der Waals surface area contributed by atoms with E-state index in [1.807, 2.05) is 0 Å². The number of unbranched alkanes of at least 4 members (excludes halogenated alkanes) is 10. The fourth-order valence-corrected chi connectivity index (χ4v) is 3.95. The average Bonchev–Trinajstić information content (AvgIpc) is 2.48. The summed E-state index contributed by atoms with van der Waals surface area (Å²) in [5, 5.41) is 8.97. The zero-order valence-electron chi connectivity index (χ0n) is 16.1. The van der Waals surface area contributed by atoms with Gasteiger partial charge in [-0.15, -0.1) is 0 Å². The molecule has 0 radical (unpaired) electrons. The van der Waals surface area contributed by atoms with Crippen molar-refractivity contribution in [2.24, 2.45) is 0 Å². The molecule has 6 heteroatoms. The van der Waals surface area contributed by atoms with Crippen LogP contribution in [0.15, 0.2) is 0 Å². The number of aliphatic hydroxyl groups is 1. The Bertz CT molecular complexity index is 360. The summed E-state index contributed by atoms with van der Waals surface area (Å²) < 4.78 is 34.1. The molecule has 2 unspecified atom stereocenters. The van der Waals surface area contributed by atoms with Gasteiger partial charge in [0, 0.05) is 0 Å². The van der Waals surface area contributed by atoms with Gasteiger partial charge in [-0.3, -0.25) is 0 Å². The Morgan fingerprint density at radius 3 is 1.58 bits per heavy atom. The third-order valence-corrected chi connectivity index (χ3v) is 5.79. The fraction of sp³-hybridized carbons (Fsp3) is 1.00. The fourth-order valence-electron chi connectivity index (χ4n) is 2.97. The first-order valence-corrected chi connectivity index (χ1v) is 11.0. The first kappa shape index (κ1) is 27.7. The second-order valence-corrected chi connectivity index (χ2v) is 8.30. The van der Waals surface area contributed by atoms with Gasteiger partial charge in [-0.25, -0.2) is 8.42 Å². The molecule has 0 aliphatic carbocycles. The molecule has 0 aromatic carbocycles. The van der Waals surface area contributed by atoms with Crippen LogP contribution in [-0.2, 0) is 10.1 Å². The summed E-state index contributed by atoms with van der Waals surface area (Å²) in [6.45, 7) is 4.28. The molecule has 0 aliphatic rings. The quantitative estimate of drug-likeness (QED) is 0.248. The molecule has 1 N–H and O–H groups in total. The van der Waals surface area contributed by atoms with Crippen LogP contribution in [0.4, 0.5) is 0 Å². The van der Waals surface area contributed by atoms with Gasteiger partial charge in [0.1, 0.15) is 10.1 Å². The Balaban J connectivity index is 0. The first-order chi connectivity index (χ1) is 10.9. The number of hydrogen-bond acceptors (Lipinski definition) is 4. The minimum absolute atomic E-state index is 0. The van der Waals surface area contributed by atoms with Crippen molar-refractivity contribution in [1.82, 2.24) is 0 Å². The van der Waals surface area contributed by atoms with Crippen molar-refractivity contribution < 1.29 is 69.5 Å². The van der Waals surface area contributed by atoms with Crippen LogP contribution >= 0.6 is 0 Å². The van der Waals surface area contributed by atoms with Gasteiger partial charge in [-0.1, -0.05) is 90.9 Å². The standard InChI is InChI=1S/C18H38O4S.K/c1-3-5-7-9-10-11-12-13-15-17(19)18(23(20,21)22)16-14-8-6-4-2;/h17-19H,3-16H2,1-2H3,(H,20,21,22);/q;+1/p-1. The van der Waals surface area contributed by atoms with Crippen molar-refractivity contribution >= 4 is 10.1 Å². The summed E-state index contributed by atoms with van der Waals surface area (Å²) in [5.74, 6) is 0. The summed E-state index contributed by atoms with van der Waals surface area (Å²) in [6, 6.07) is 0. The SMILES string of the molecule is CCCCCCCCCCC(O)C(CCCCCC)S(=O)(=O)[O-].[K+]. The molecule has 140 valence electrons. The predicted octanol–water partition coefficient (Wildman–Crippen LogP) is 1.77. The van der Waals surface area contributed by atoms with Gasteiger partial charge in [0.2, 0.25) is 0 Å². The van der Waals surface area contributed by atoms with E-state index in [0.29, 0.717) is 19.3 Å². The predicted molar refractivity (Wildman–Crippen MR) is 95.5 cm³/mol. The maximum atomic E-state index is 11.4. The molecule has 0 saturated carbocycles. The molecule has 0 aliphatic heterocycles. The minimum atomic E-state index is -4.41. The summed E-state index contributed by atoms with van der Waals surface area (Å²) in [4.78, 5) is 0. The van der Waals surface area contributed by atoms with E-state index in [4.69, 9.17) is 0 Å². The van der Waals surface area contributed by atoms with Crippen LogP contribution in [-0.4, -0.2) is 29.4 Å². The molecule has 0 heterocycles. The molecule has 2 atom stereocenters. The van der Waals surface area contributed by atoms with Gasteiger partial charge < -0.3 is 9.66 Å². The van der Waals surface area contributed by atoms with Gasteiger partial charge in [-0.05, 0) is 12.8 Å². The van der Waals surface area contributed by atoms with E-state index in [0.717, 1.165) is 38.5 Å². The topological polar surface area (TPSA) is 77.4 Å². The van der Waals surface area contributed by atoms with E-state index in [2.05, 4.69) is 13.8 Å². The summed E-state index contributed by atoms with van der Waals surface area (Å²) in [6.07, 6.45) is 12.7. The monoisotopic (exact) mass is 388 g/mol. The molecular weight excluding hydrogens is 351 g/mol. The molecule has 0 fully saturated rings. The summed E-state index contributed by atoms with van der Waals surface area (Å²) >= 11 is 0. The van der Waals surface area contributed by atoms with Gasteiger partial charge in [0.15, 0.2) is 0 Å². The van der Waals surface area contributed by atoms with Crippen molar-refractivity contribution in [2.75, 3.05) is 0 Å². The maximum absolute atomic E-state index is 11.4. The van der Waals surface area contributed by atoms with Gasteiger partial charge in [0.25, 0.3) is 0 Å². The van der Waals surface area contributed by atoms with Crippen LogP contribution in [0.5, 0.6) is 0 Å². The zero-order chi connectivity index (χ0) is 17.6. The van der Waals surface area contributed by atoms with Crippen LogP contribution < -0.4 is 51.4 Å². The van der Waals surface area contributed by atoms with Crippen molar-refractivity contribution in [3.05, 3.63) is 0 Å². The Labute approximate surface area is 192 Å². The summed E-state index contributed by atoms with van der Waals surface area (Å²) in [7, 11) is -4.41. The molecule has 0 amide bonds. The molecule has 0 rings (SSSR count). The second kappa shape index (κ2) is 17.9. The zero-order valence-corrected chi connectivity index (χ0v) is 20.1. The third-order valence-electron chi connectivity index (χ3n) is 4.50. The van der Waals surface area contributed by atoms with Crippen LogP contribution in [0.3, 0.4) is 0 Å². The Hall–Kier alpha value is 1.51. The normalized spacial score (nSPS) is 14.2. The van der Waals surface area contributed by atoms with E-state index in [1.165, 1.54) is 32.1 Å². The van der Waals surface area contributed by atoms with Crippen molar-refractivity contribution in [3.63, 3.8) is 0 Å². The summed E-state index contributed by atoms with van der Waals surface area (Å²) in [5.41, 5.74) is 0. The third kappa shape index (κ3) is 15.7. The maximum Gasteiger partial charge on any atom is 1.00 e. The minimum Gasteiger partial charge on any atom is -0.748 e. The van der Waals surface area contributed by atoms with Crippen molar-refractivity contribution in [1.29, 1.82) is 0 Å². The average molecular weight is 389 g/mol. The molecule has 0 saturated heterocycles. The van der Waals surface area contributed by atoms with E-state index in [9.17, 15) is 18.1 Å². The van der Waals surface area contributed by atoms with Crippen molar-refractivity contribution in [3.8, 4) is 0 Å². The molecule has 4 nitrogen and oxygen atoms in total. The van der Waals surface area contributed by atoms with E-state index in [1.54, 1.807) is 0 Å².